The normalized spacial score (nSPS) is 15.8. The Hall–Kier alpha value is -3.22. The van der Waals surface area contributed by atoms with Gasteiger partial charge in [-0.3, -0.25) is 9.36 Å². The first-order valence-electron chi connectivity index (χ1n) is 13.9. The van der Waals surface area contributed by atoms with Crippen molar-refractivity contribution in [1.29, 1.82) is 0 Å². The van der Waals surface area contributed by atoms with Gasteiger partial charge in [0.15, 0.2) is 4.80 Å². The maximum absolute atomic E-state index is 14.2. The zero-order valence-corrected chi connectivity index (χ0v) is 28.4. The van der Waals surface area contributed by atoms with Crippen molar-refractivity contribution in [2.75, 3.05) is 7.11 Å². The van der Waals surface area contributed by atoms with E-state index < -0.39 is 0 Å². The molecule has 1 aliphatic heterocycles. The molecule has 0 amide bonds. The Kier molecular flexibility index (Phi) is 8.00. The molecule has 0 saturated heterocycles. The van der Waals surface area contributed by atoms with Crippen LogP contribution in [-0.4, -0.2) is 11.7 Å². The van der Waals surface area contributed by atoms with Gasteiger partial charge >= 0.3 is 0 Å². The summed E-state index contributed by atoms with van der Waals surface area (Å²) in [6.45, 7) is 0.503. The summed E-state index contributed by atoms with van der Waals surface area (Å²) in [7, 11) is 1.67. The van der Waals surface area contributed by atoms with Crippen molar-refractivity contribution in [3.8, 4) is 11.5 Å². The molecule has 5 nitrogen and oxygen atoms in total. The molecule has 7 rings (SSSR count). The number of nitrogens with zero attached hydrogens (tertiary/aromatic N) is 2. The molecule has 0 fully saturated rings. The minimum atomic E-state index is -0.245. The van der Waals surface area contributed by atoms with Gasteiger partial charge in [-0.05, 0) is 116 Å². The Labute approximate surface area is 280 Å². The Balaban J connectivity index is 1.33. The van der Waals surface area contributed by atoms with E-state index in [1.165, 1.54) is 22.5 Å². The van der Waals surface area contributed by atoms with Crippen molar-refractivity contribution in [2.24, 2.45) is 4.99 Å². The fraction of sp³-hybridized carbons (Fsp3) is 0.143. The Bertz CT molecular complexity index is 2060. The van der Waals surface area contributed by atoms with Crippen LogP contribution in [-0.2, 0) is 13.0 Å². The van der Waals surface area contributed by atoms with Crippen LogP contribution in [0.4, 0.5) is 0 Å². The molecule has 1 aromatic heterocycles. The fourth-order valence-electron chi connectivity index (χ4n) is 5.82. The zero-order valence-electron chi connectivity index (χ0n) is 23.2. The third kappa shape index (κ3) is 5.49. The van der Waals surface area contributed by atoms with Gasteiger partial charge < -0.3 is 9.47 Å². The molecule has 1 aliphatic carbocycles. The lowest BCUT2D eigenvalue weighted by molar-refractivity contribution is 0.301. The number of hydrogen-bond acceptors (Lipinski definition) is 5. The van der Waals surface area contributed by atoms with Crippen molar-refractivity contribution < 1.29 is 9.47 Å². The molecule has 2 aliphatic rings. The summed E-state index contributed by atoms with van der Waals surface area (Å²) in [5, 5.41) is 0. The van der Waals surface area contributed by atoms with Crippen LogP contribution in [0.1, 0.15) is 40.3 Å². The number of fused-ring (bicyclic) bond motifs is 3. The molecule has 214 valence electrons. The summed E-state index contributed by atoms with van der Waals surface area (Å²) in [6.07, 6.45) is 3.75. The molecule has 0 unspecified atom stereocenters. The second-order valence-corrected chi connectivity index (χ2v) is 13.8. The van der Waals surface area contributed by atoms with Crippen molar-refractivity contribution in [1.82, 2.24) is 4.57 Å². The maximum atomic E-state index is 14.2. The number of allylic oxidation sites excluding steroid dienone is 1. The standard InChI is InChI=1S/C35H26I2N2O3S/c1-41-25-12-7-11-24(19-25)32-27-15-14-23-10-5-6-13-26(23)31(27)38-35-39(32)34(40)30(43-35)18-22-16-28(36)33(29(37)17-22)42-20-21-8-3-2-4-9-21/h2-13,16-19,32H,14-15,20H2,1H3/b30-18-/t32-/m1/s1. The van der Waals surface area contributed by atoms with Gasteiger partial charge in [0.25, 0.3) is 5.56 Å². The first kappa shape index (κ1) is 28.5. The van der Waals surface area contributed by atoms with Crippen molar-refractivity contribution in [3.63, 3.8) is 0 Å². The number of aryl methyl sites for hydroxylation is 1. The highest BCUT2D eigenvalue weighted by Gasteiger charge is 2.32. The van der Waals surface area contributed by atoms with Gasteiger partial charge in [-0.1, -0.05) is 78.1 Å². The predicted molar refractivity (Wildman–Crippen MR) is 188 cm³/mol. The smallest absolute Gasteiger partial charge is 0.271 e. The molecule has 0 spiro atoms. The Morgan fingerprint density at radius 1 is 0.953 bits per heavy atom. The minimum absolute atomic E-state index is 0.0311. The first-order valence-corrected chi connectivity index (χ1v) is 16.9. The van der Waals surface area contributed by atoms with Crippen LogP contribution in [0.15, 0.2) is 106 Å². The van der Waals surface area contributed by atoms with Crippen LogP contribution < -0.4 is 24.4 Å². The van der Waals surface area contributed by atoms with Crippen LogP contribution in [0.25, 0.3) is 11.8 Å². The van der Waals surface area contributed by atoms with Gasteiger partial charge in [0.05, 0.1) is 30.5 Å². The van der Waals surface area contributed by atoms with Crippen molar-refractivity contribution >= 4 is 68.3 Å². The van der Waals surface area contributed by atoms with E-state index in [9.17, 15) is 4.79 Å². The number of benzene rings is 4. The molecule has 2 heterocycles. The number of rotatable bonds is 6. The number of methoxy groups -OCH3 is 1. The van der Waals surface area contributed by atoms with Gasteiger partial charge in [0, 0.05) is 5.56 Å². The third-order valence-corrected chi connectivity index (χ3v) is 10.4. The largest absolute Gasteiger partial charge is 0.497 e. The lowest BCUT2D eigenvalue weighted by Crippen LogP contribution is -2.38. The number of ether oxygens (including phenoxy) is 2. The monoisotopic (exact) mass is 808 g/mol. The fourth-order valence-corrected chi connectivity index (χ4v) is 8.94. The second kappa shape index (κ2) is 12.0. The van der Waals surface area contributed by atoms with Gasteiger partial charge in [0.2, 0.25) is 0 Å². The average molecular weight is 808 g/mol. The van der Waals surface area contributed by atoms with Crippen LogP contribution in [0.3, 0.4) is 0 Å². The number of halogens is 2. The lowest BCUT2D eigenvalue weighted by atomic mass is 9.83. The number of aromatic nitrogens is 1. The summed E-state index contributed by atoms with van der Waals surface area (Å²) in [6, 6.07) is 30.6. The molecule has 0 bridgehead atoms. The van der Waals surface area contributed by atoms with E-state index in [1.54, 1.807) is 7.11 Å². The molecule has 4 aromatic carbocycles. The molecule has 8 heteroatoms. The topological polar surface area (TPSA) is 52.8 Å². The Morgan fingerprint density at radius 3 is 2.51 bits per heavy atom. The summed E-state index contributed by atoms with van der Waals surface area (Å²) in [4.78, 5) is 20.0. The van der Waals surface area contributed by atoms with E-state index >= 15 is 0 Å². The van der Waals surface area contributed by atoms with E-state index in [-0.39, 0.29) is 11.6 Å². The van der Waals surface area contributed by atoms with Crippen molar-refractivity contribution in [3.05, 3.63) is 151 Å². The predicted octanol–water partition coefficient (Wildman–Crippen LogP) is 7.12. The van der Waals surface area contributed by atoms with E-state index in [0.29, 0.717) is 15.9 Å². The highest BCUT2D eigenvalue weighted by atomic mass is 127. The minimum Gasteiger partial charge on any atom is -0.497 e. The molecule has 0 radical (unpaired) electrons. The highest BCUT2D eigenvalue weighted by Crippen LogP contribution is 2.41. The quantitative estimate of drug-likeness (QED) is 0.172. The third-order valence-electron chi connectivity index (χ3n) is 7.83. The van der Waals surface area contributed by atoms with Gasteiger partial charge in [-0.25, -0.2) is 4.99 Å². The molecule has 1 atom stereocenters. The van der Waals surface area contributed by atoms with Gasteiger partial charge in [-0.2, -0.15) is 0 Å². The summed E-state index contributed by atoms with van der Waals surface area (Å²) >= 11 is 6.08. The average Bonchev–Trinajstić information content (AvgIpc) is 3.33. The molecular weight excluding hydrogens is 782 g/mol. The zero-order chi connectivity index (χ0) is 29.5. The summed E-state index contributed by atoms with van der Waals surface area (Å²) in [5.41, 5.74) is 7.70. The van der Waals surface area contributed by atoms with Gasteiger partial charge in [-0.15, -0.1) is 0 Å². The van der Waals surface area contributed by atoms with E-state index in [4.69, 9.17) is 14.5 Å². The van der Waals surface area contributed by atoms with E-state index in [0.717, 1.165) is 59.4 Å². The molecule has 0 N–H and O–H groups in total. The number of hydrogen-bond donors (Lipinski definition) is 0. The van der Waals surface area contributed by atoms with Crippen LogP contribution >= 0.6 is 56.5 Å². The lowest BCUT2D eigenvalue weighted by Gasteiger charge is -2.31. The number of thiazole rings is 1. The van der Waals surface area contributed by atoms with Crippen LogP contribution in [0, 0.1) is 7.14 Å². The molecule has 43 heavy (non-hydrogen) atoms. The van der Waals surface area contributed by atoms with Crippen molar-refractivity contribution in [2.45, 2.75) is 25.5 Å². The molecular formula is C35H26I2N2O3S. The maximum Gasteiger partial charge on any atom is 0.271 e. The van der Waals surface area contributed by atoms with E-state index in [2.05, 4.69) is 99.8 Å². The molecule has 0 saturated carbocycles. The van der Waals surface area contributed by atoms with E-state index in [1.807, 2.05) is 47.0 Å². The second-order valence-electron chi connectivity index (χ2n) is 10.5. The SMILES string of the molecule is COc1cccc([C@@H]2C3=C(N=c4s/c(=C\c5cc(I)c(OCc6ccccc6)c(I)c5)c(=O)n42)c2ccccc2CC3)c1. The summed E-state index contributed by atoms with van der Waals surface area (Å²) < 4.78 is 16.3. The van der Waals surface area contributed by atoms with Gasteiger partial charge in [0.1, 0.15) is 18.1 Å². The highest BCUT2D eigenvalue weighted by molar-refractivity contribution is 14.1. The Morgan fingerprint density at radius 2 is 1.72 bits per heavy atom. The first-order chi connectivity index (χ1) is 21.0. The van der Waals surface area contributed by atoms with Crippen LogP contribution in [0.2, 0.25) is 0 Å². The molecule has 5 aromatic rings. The van der Waals surface area contributed by atoms with Crippen LogP contribution in [0.5, 0.6) is 11.5 Å². The summed E-state index contributed by atoms with van der Waals surface area (Å²) in [5.74, 6) is 1.63.